The second-order valence-electron chi connectivity index (χ2n) is 5.18. The van der Waals surface area contributed by atoms with E-state index in [1.54, 1.807) is 6.07 Å². The summed E-state index contributed by atoms with van der Waals surface area (Å²) in [7, 11) is 1.45. The van der Waals surface area contributed by atoms with Crippen LogP contribution >= 0.6 is 0 Å². The number of methoxy groups -OCH3 is 1. The minimum atomic E-state index is -0.996. The van der Waals surface area contributed by atoms with E-state index < -0.39 is 16.9 Å². The van der Waals surface area contributed by atoms with Crippen LogP contribution in [0.4, 0.5) is 11.4 Å². The Morgan fingerprint density at radius 2 is 2.29 bits per heavy atom. The zero-order valence-electron chi connectivity index (χ0n) is 11.3. The molecule has 7 heteroatoms. The van der Waals surface area contributed by atoms with Crippen molar-refractivity contribution < 1.29 is 19.6 Å². The molecule has 0 saturated heterocycles. The smallest absolute Gasteiger partial charge is 0.326 e. The summed E-state index contributed by atoms with van der Waals surface area (Å²) in [5, 5.41) is 23.4. The first-order chi connectivity index (χ1) is 10.0. The molecule has 0 bridgehead atoms. The van der Waals surface area contributed by atoms with Crippen molar-refractivity contribution >= 4 is 17.3 Å². The number of nitrogens with zero attached hydrogens (tertiary/aromatic N) is 1. The van der Waals surface area contributed by atoms with Crippen LogP contribution in [0.2, 0.25) is 0 Å². The number of nitro benzene ring substituents is 1. The fourth-order valence-corrected chi connectivity index (χ4v) is 3.16. The Balaban J connectivity index is 2.19. The molecule has 1 aliphatic heterocycles. The Bertz CT molecular complexity index is 655. The lowest BCUT2D eigenvalue weighted by Gasteiger charge is -2.34. The summed E-state index contributed by atoms with van der Waals surface area (Å²) >= 11 is 0. The van der Waals surface area contributed by atoms with Crippen molar-refractivity contribution in [1.29, 1.82) is 0 Å². The third kappa shape index (κ3) is 2.01. The zero-order chi connectivity index (χ0) is 15.1. The number of hydrogen-bond acceptors (Lipinski definition) is 5. The number of carboxylic acid groups (broad SMARTS) is 1. The van der Waals surface area contributed by atoms with E-state index in [1.807, 2.05) is 12.2 Å². The molecule has 1 aromatic carbocycles. The highest BCUT2D eigenvalue weighted by Gasteiger charge is 2.43. The van der Waals surface area contributed by atoms with Crippen LogP contribution < -0.4 is 10.1 Å². The van der Waals surface area contributed by atoms with Crippen LogP contribution in [0.25, 0.3) is 0 Å². The molecule has 0 unspecified atom stereocenters. The minimum absolute atomic E-state index is 0.137. The number of ether oxygens (including phenoxy) is 1. The van der Waals surface area contributed by atoms with Gasteiger partial charge in [0.25, 0.3) is 5.69 Å². The van der Waals surface area contributed by atoms with Gasteiger partial charge in [-0.1, -0.05) is 12.2 Å². The van der Waals surface area contributed by atoms with Crippen molar-refractivity contribution in [3.8, 4) is 5.75 Å². The van der Waals surface area contributed by atoms with Crippen molar-refractivity contribution in [2.75, 3.05) is 12.4 Å². The molecule has 0 aromatic heterocycles. The second-order valence-corrected chi connectivity index (χ2v) is 5.18. The SMILES string of the molecule is COc1cc2c(c([N+](=O)[O-])c1)N[C@@H](C(=O)O)[C@H]1CC=C[C@@H]21. The number of carboxylic acids is 1. The molecule has 1 aliphatic carbocycles. The van der Waals surface area contributed by atoms with E-state index in [2.05, 4.69) is 5.32 Å². The number of benzene rings is 1. The Morgan fingerprint density at radius 1 is 1.52 bits per heavy atom. The molecular weight excluding hydrogens is 276 g/mol. The third-order valence-electron chi connectivity index (χ3n) is 4.12. The molecule has 7 nitrogen and oxygen atoms in total. The molecule has 2 aliphatic rings. The van der Waals surface area contributed by atoms with Gasteiger partial charge in [-0.2, -0.15) is 0 Å². The second kappa shape index (κ2) is 4.76. The average Bonchev–Trinajstić information content (AvgIpc) is 2.94. The van der Waals surface area contributed by atoms with Crippen LogP contribution in [0.5, 0.6) is 5.75 Å². The van der Waals surface area contributed by atoms with Gasteiger partial charge in [0.1, 0.15) is 17.5 Å². The van der Waals surface area contributed by atoms with Gasteiger partial charge in [0.05, 0.1) is 18.1 Å². The molecule has 1 aromatic rings. The van der Waals surface area contributed by atoms with Crippen LogP contribution in [-0.4, -0.2) is 29.2 Å². The molecule has 0 fully saturated rings. The van der Waals surface area contributed by atoms with Crippen LogP contribution in [0.1, 0.15) is 17.9 Å². The van der Waals surface area contributed by atoms with Gasteiger partial charge < -0.3 is 15.2 Å². The van der Waals surface area contributed by atoms with E-state index in [0.717, 1.165) is 5.56 Å². The maximum Gasteiger partial charge on any atom is 0.326 e. The molecule has 1 heterocycles. The van der Waals surface area contributed by atoms with Crippen molar-refractivity contribution in [2.45, 2.75) is 18.4 Å². The van der Waals surface area contributed by atoms with Crippen molar-refractivity contribution in [1.82, 2.24) is 0 Å². The highest BCUT2D eigenvalue weighted by atomic mass is 16.6. The number of anilines is 1. The van der Waals surface area contributed by atoms with Crippen molar-refractivity contribution in [3.63, 3.8) is 0 Å². The van der Waals surface area contributed by atoms with Crippen LogP contribution in [0.15, 0.2) is 24.3 Å². The number of fused-ring (bicyclic) bond motifs is 3. The van der Waals surface area contributed by atoms with Gasteiger partial charge in [-0.05, 0) is 18.1 Å². The van der Waals surface area contributed by atoms with Crippen molar-refractivity contribution in [3.05, 3.63) is 40.0 Å². The molecule has 21 heavy (non-hydrogen) atoms. The lowest BCUT2D eigenvalue weighted by Crippen LogP contribution is -2.42. The maximum absolute atomic E-state index is 11.4. The van der Waals surface area contributed by atoms with Gasteiger partial charge in [-0.3, -0.25) is 10.1 Å². The van der Waals surface area contributed by atoms with Crippen LogP contribution in [0.3, 0.4) is 0 Å². The first-order valence-electron chi connectivity index (χ1n) is 6.55. The lowest BCUT2D eigenvalue weighted by molar-refractivity contribution is -0.384. The van der Waals surface area contributed by atoms with Gasteiger partial charge in [0, 0.05) is 11.8 Å². The summed E-state index contributed by atoms with van der Waals surface area (Å²) in [6.07, 6.45) is 4.48. The summed E-state index contributed by atoms with van der Waals surface area (Å²) in [5.74, 6) is -0.877. The molecule has 0 radical (unpaired) electrons. The Morgan fingerprint density at radius 3 is 2.90 bits per heavy atom. The van der Waals surface area contributed by atoms with Gasteiger partial charge >= 0.3 is 5.97 Å². The predicted octanol–water partition coefficient (Wildman–Crippen LogP) is 2.14. The third-order valence-corrected chi connectivity index (χ3v) is 4.12. The van der Waals surface area contributed by atoms with Crippen LogP contribution in [0, 0.1) is 16.0 Å². The molecular formula is C14H14N2O5. The van der Waals surface area contributed by atoms with E-state index in [0.29, 0.717) is 12.2 Å². The van der Waals surface area contributed by atoms with Gasteiger partial charge in [0.2, 0.25) is 0 Å². The number of allylic oxidation sites excluding steroid dienone is 2. The number of carbonyl (C=O) groups is 1. The zero-order valence-corrected chi connectivity index (χ0v) is 11.3. The standard InChI is InChI=1S/C14H14N2O5/c1-21-7-5-10-8-3-2-4-9(8)13(14(17)18)15-12(10)11(6-7)16(19)20/h2-3,5-6,8-9,13,15H,4H2,1H3,(H,17,18)/t8-,9+,13-/m1/s1. The fraction of sp³-hybridized carbons (Fsp3) is 0.357. The lowest BCUT2D eigenvalue weighted by atomic mass is 9.79. The Kier molecular flexibility index (Phi) is 3.04. The van der Waals surface area contributed by atoms with E-state index in [9.17, 15) is 20.0 Å². The number of nitrogens with one attached hydrogen (secondary N) is 1. The van der Waals surface area contributed by atoms with E-state index in [1.165, 1.54) is 13.2 Å². The van der Waals surface area contributed by atoms with Gasteiger partial charge in [0.15, 0.2) is 0 Å². The summed E-state index contributed by atoms with van der Waals surface area (Å²) in [4.78, 5) is 22.2. The normalized spacial score (nSPS) is 25.7. The van der Waals surface area contributed by atoms with Gasteiger partial charge in [-0.15, -0.1) is 0 Å². The molecule has 0 spiro atoms. The first kappa shape index (κ1) is 13.4. The number of nitro groups is 1. The minimum Gasteiger partial charge on any atom is -0.496 e. The quantitative estimate of drug-likeness (QED) is 0.502. The molecule has 110 valence electrons. The number of rotatable bonds is 3. The molecule has 2 N–H and O–H groups in total. The summed E-state index contributed by atoms with van der Waals surface area (Å²) in [6, 6.07) is 2.22. The topological polar surface area (TPSA) is 102 Å². The van der Waals surface area contributed by atoms with E-state index in [-0.39, 0.29) is 23.2 Å². The highest BCUT2D eigenvalue weighted by molar-refractivity contribution is 5.83. The van der Waals surface area contributed by atoms with Crippen molar-refractivity contribution in [2.24, 2.45) is 5.92 Å². The Hall–Kier alpha value is -2.57. The van der Waals surface area contributed by atoms with E-state index >= 15 is 0 Å². The Labute approximate surface area is 120 Å². The summed E-state index contributed by atoms with van der Waals surface area (Å²) < 4.78 is 5.12. The largest absolute Gasteiger partial charge is 0.496 e. The number of aliphatic carboxylic acids is 1. The highest BCUT2D eigenvalue weighted by Crippen LogP contribution is 2.49. The monoisotopic (exact) mass is 290 g/mol. The molecule has 3 atom stereocenters. The summed E-state index contributed by atoms with van der Waals surface area (Å²) in [6.45, 7) is 0. The van der Waals surface area contributed by atoms with E-state index in [4.69, 9.17) is 4.74 Å². The molecule has 3 rings (SSSR count). The number of hydrogen-bond donors (Lipinski definition) is 2. The predicted molar refractivity (Wildman–Crippen MR) is 74.7 cm³/mol. The van der Waals surface area contributed by atoms with Gasteiger partial charge in [-0.25, -0.2) is 4.79 Å². The summed E-state index contributed by atoms with van der Waals surface area (Å²) in [5.41, 5.74) is 0.840. The van der Waals surface area contributed by atoms with Crippen LogP contribution in [-0.2, 0) is 4.79 Å². The maximum atomic E-state index is 11.4. The molecule has 0 amide bonds. The molecule has 0 saturated carbocycles. The first-order valence-corrected chi connectivity index (χ1v) is 6.55. The fourth-order valence-electron chi connectivity index (χ4n) is 3.16. The average molecular weight is 290 g/mol.